The van der Waals surface area contributed by atoms with E-state index in [0.717, 1.165) is 38.3 Å². The maximum absolute atomic E-state index is 6.35. The Morgan fingerprint density at radius 1 is 0.920 bits per heavy atom. The summed E-state index contributed by atoms with van der Waals surface area (Å²) in [7, 11) is 2.19. The molecule has 25 heavy (non-hydrogen) atoms. The Balaban J connectivity index is 1.64. The molecule has 1 radical (unpaired) electrons. The summed E-state index contributed by atoms with van der Waals surface area (Å²) < 4.78 is 0. The van der Waals surface area contributed by atoms with Crippen molar-refractivity contribution in [3.63, 3.8) is 0 Å². The first-order chi connectivity index (χ1) is 12.0. The van der Waals surface area contributed by atoms with Gasteiger partial charge < -0.3 is 4.90 Å². The molecule has 0 aromatic heterocycles. The van der Waals surface area contributed by atoms with Gasteiger partial charge in [-0.3, -0.25) is 4.90 Å². The minimum absolute atomic E-state index is 0.304. The zero-order valence-corrected chi connectivity index (χ0v) is 16.6. The fraction of sp³-hybridized carbons (Fsp3) is 0.700. The van der Waals surface area contributed by atoms with Crippen molar-refractivity contribution in [1.82, 2.24) is 15.1 Å². The Hall–Kier alpha value is -0.320. The Labute approximate surface area is 161 Å². The van der Waals surface area contributed by atoms with Crippen molar-refractivity contribution in [2.24, 2.45) is 5.41 Å². The van der Waals surface area contributed by atoms with E-state index in [0.29, 0.717) is 15.5 Å². The number of piperidine rings is 1. The predicted molar refractivity (Wildman–Crippen MR) is 104 cm³/mol. The molecule has 3 fully saturated rings. The van der Waals surface area contributed by atoms with E-state index in [1.807, 2.05) is 6.07 Å². The summed E-state index contributed by atoms with van der Waals surface area (Å²) in [6.45, 7) is 5.05. The quantitative estimate of drug-likeness (QED) is 0.759. The van der Waals surface area contributed by atoms with Crippen LogP contribution in [0.15, 0.2) is 18.2 Å². The van der Waals surface area contributed by atoms with E-state index >= 15 is 0 Å². The van der Waals surface area contributed by atoms with E-state index in [9.17, 15) is 0 Å². The molecule has 1 aromatic carbocycles. The molecule has 1 aromatic rings. The second kappa shape index (κ2) is 7.01. The number of benzene rings is 1. The summed E-state index contributed by atoms with van der Waals surface area (Å²) in [5.74, 6) is 0. The van der Waals surface area contributed by atoms with Gasteiger partial charge in [-0.1, -0.05) is 36.0 Å². The number of likely N-dealkylation sites (N-methyl/N-ethyl adjacent to an activating group) is 1. The molecule has 0 N–H and O–H groups in total. The van der Waals surface area contributed by atoms with Gasteiger partial charge in [0.25, 0.3) is 0 Å². The minimum atomic E-state index is -0.304. The van der Waals surface area contributed by atoms with E-state index in [-0.39, 0.29) is 5.66 Å². The van der Waals surface area contributed by atoms with Crippen LogP contribution in [0.1, 0.15) is 44.1 Å². The second-order valence-electron chi connectivity index (χ2n) is 8.29. The normalized spacial score (nSPS) is 30.8. The van der Waals surface area contributed by atoms with Crippen LogP contribution >= 0.6 is 23.2 Å². The highest BCUT2D eigenvalue weighted by molar-refractivity contribution is 6.34. The lowest BCUT2D eigenvalue weighted by atomic mass is 9.76. The summed E-state index contributed by atoms with van der Waals surface area (Å²) in [5.41, 5.74) is 1.46. The van der Waals surface area contributed by atoms with Gasteiger partial charge in [0.05, 0.1) is 0 Å². The van der Waals surface area contributed by atoms with Crippen molar-refractivity contribution < 1.29 is 0 Å². The third kappa shape index (κ3) is 3.46. The van der Waals surface area contributed by atoms with Crippen LogP contribution in [0.2, 0.25) is 10.0 Å². The molecule has 1 unspecified atom stereocenters. The van der Waals surface area contributed by atoms with E-state index in [2.05, 4.69) is 29.0 Å². The highest BCUT2D eigenvalue weighted by Crippen LogP contribution is 2.48. The average Bonchev–Trinajstić information content (AvgIpc) is 3.02. The van der Waals surface area contributed by atoms with Crippen LogP contribution < -0.4 is 5.32 Å². The molecule has 2 aliphatic heterocycles. The molecule has 1 atom stereocenters. The van der Waals surface area contributed by atoms with Gasteiger partial charge in [0.15, 0.2) is 0 Å². The van der Waals surface area contributed by atoms with Gasteiger partial charge in [-0.05, 0) is 61.9 Å². The van der Waals surface area contributed by atoms with Crippen LogP contribution in [0.4, 0.5) is 0 Å². The summed E-state index contributed by atoms with van der Waals surface area (Å²) in [6, 6.07) is 5.95. The lowest BCUT2D eigenvalue weighted by Gasteiger charge is -2.52. The Morgan fingerprint density at radius 3 is 2.16 bits per heavy atom. The molecule has 0 bridgehead atoms. The van der Waals surface area contributed by atoms with Crippen molar-refractivity contribution in [2.75, 3.05) is 39.8 Å². The van der Waals surface area contributed by atoms with E-state index in [1.54, 1.807) is 0 Å². The first kappa shape index (κ1) is 18.1. The van der Waals surface area contributed by atoms with Crippen LogP contribution in [0.25, 0.3) is 0 Å². The van der Waals surface area contributed by atoms with Gasteiger partial charge in [-0.25, -0.2) is 5.32 Å². The average molecular weight is 381 g/mol. The van der Waals surface area contributed by atoms with E-state index in [4.69, 9.17) is 28.5 Å². The fourth-order valence-electron chi connectivity index (χ4n) is 5.24. The molecule has 1 saturated carbocycles. The molecule has 3 aliphatic rings. The van der Waals surface area contributed by atoms with Gasteiger partial charge in [-0.2, -0.15) is 0 Å². The van der Waals surface area contributed by atoms with Crippen LogP contribution in [0.5, 0.6) is 0 Å². The van der Waals surface area contributed by atoms with Crippen LogP contribution in [-0.2, 0) is 5.66 Å². The largest absolute Gasteiger partial charge is 0.301 e. The number of nitrogens with zero attached hydrogens (tertiary/aromatic N) is 3. The minimum Gasteiger partial charge on any atom is -0.301 e. The molecule has 3 nitrogen and oxygen atoms in total. The molecule has 2 heterocycles. The van der Waals surface area contributed by atoms with Crippen molar-refractivity contribution >= 4 is 23.2 Å². The molecule has 5 heteroatoms. The molecule has 0 amide bonds. The topological polar surface area (TPSA) is 20.6 Å². The standard InChI is InChI=1S/C20H28Cl2N3/c1-24-11-8-23-20(15-24,16-12-17(21)14-18(22)13-16)25-9-6-19(7-10-25)4-2-3-5-19/h12-14H,2-11,15H2,1H3. The van der Waals surface area contributed by atoms with E-state index in [1.165, 1.54) is 38.5 Å². The summed E-state index contributed by atoms with van der Waals surface area (Å²) in [5, 5.41) is 6.58. The van der Waals surface area contributed by atoms with Gasteiger partial charge in [0.1, 0.15) is 5.66 Å². The van der Waals surface area contributed by atoms with Crippen LogP contribution in [-0.4, -0.2) is 49.6 Å². The smallest absolute Gasteiger partial charge is 0.126 e. The number of hydrogen-bond acceptors (Lipinski definition) is 2. The summed E-state index contributed by atoms with van der Waals surface area (Å²) in [6.07, 6.45) is 8.30. The van der Waals surface area contributed by atoms with Crippen molar-refractivity contribution in [3.8, 4) is 0 Å². The van der Waals surface area contributed by atoms with Gasteiger partial charge in [0.2, 0.25) is 0 Å². The number of piperazine rings is 1. The number of likely N-dealkylation sites (tertiary alicyclic amines) is 1. The number of halogens is 2. The third-order valence-corrected chi connectivity index (χ3v) is 7.12. The van der Waals surface area contributed by atoms with Crippen LogP contribution in [0.3, 0.4) is 0 Å². The Kier molecular flexibility index (Phi) is 5.07. The van der Waals surface area contributed by atoms with Gasteiger partial charge in [0, 0.05) is 42.8 Å². The summed E-state index contributed by atoms with van der Waals surface area (Å²) >= 11 is 12.7. The number of hydrogen-bond donors (Lipinski definition) is 0. The van der Waals surface area contributed by atoms with Gasteiger partial charge >= 0.3 is 0 Å². The molecular formula is C20H28Cl2N3. The first-order valence-electron chi connectivity index (χ1n) is 9.60. The van der Waals surface area contributed by atoms with Crippen molar-refractivity contribution in [3.05, 3.63) is 33.8 Å². The Bertz CT molecular complexity index is 599. The second-order valence-corrected chi connectivity index (χ2v) is 9.16. The molecule has 1 spiro atoms. The highest BCUT2D eigenvalue weighted by atomic mass is 35.5. The summed E-state index contributed by atoms with van der Waals surface area (Å²) in [4.78, 5) is 5.00. The lowest BCUT2D eigenvalue weighted by molar-refractivity contribution is -0.0426. The molecule has 4 rings (SSSR count). The predicted octanol–water partition coefficient (Wildman–Crippen LogP) is 4.35. The maximum Gasteiger partial charge on any atom is 0.126 e. The van der Waals surface area contributed by atoms with Crippen molar-refractivity contribution in [1.29, 1.82) is 0 Å². The lowest BCUT2D eigenvalue weighted by Crippen LogP contribution is -2.64. The SMILES string of the molecule is CN1CC[N]C(c2cc(Cl)cc(Cl)c2)(N2CCC3(CCCC3)CC2)C1. The molecule has 2 saturated heterocycles. The zero-order chi connectivity index (χ0) is 17.5. The number of rotatable bonds is 2. The fourth-order valence-corrected chi connectivity index (χ4v) is 5.76. The van der Waals surface area contributed by atoms with Gasteiger partial charge in [-0.15, -0.1) is 0 Å². The molecular weight excluding hydrogens is 353 g/mol. The highest BCUT2D eigenvalue weighted by Gasteiger charge is 2.47. The molecule has 1 aliphatic carbocycles. The van der Waals surface area contributed by atoms with E-state index < -0.39 is 0 Å². The first-order valence-corrected chi connectivity index (χ1v) is 10.4. The van der Waals surface area contributed by atoms with Crippen molar-refractivity contribution in [2.45, 2.75) is 44.2 Å². The maximum atomic E-state index is 6.35. The Morgan fingerprint density at radius 2 is 1.56 bits per heavy atom. The molecule has 137 valence electrons. The third-order valence-electron chi connectivity index (χ3n) is 6.68. The van der Waals surface area contributed by atoms with Crippen LogP contribution in [0, 0.1) is 5.41 Å². The monoisotopic (exact) mass is 380 g/mol. The zero-order valence-electron chi connectivity index (χ0n) is 15.1.